The van der Waals surface area contributed by atoms with E-state index in [9.17, 15) is 14.9 Å². The van der Waals surface area contributed by atoms with Crippen LogP contribution >= 0.6 is 0 Å². The van der Waals surface area contributed by atoms with Gasteiger partial charge in [-0.05, 0) is 35.2 Å². The second-order valence-electron chi connectivity index (χ2n) is 7.82. The molecule has 6 nitrogen and oxygen atoms in total. The molecular weight excluding hydrogens is 376 g/mol. The Kier molecular flexibility index (Phi) is 5.93. The summed E-state index contributed by atoms with van der Waals surface area (Å²) in [7, 11) is 0. The van der Waals surface area contributed by atoms with Crippen molar-refractivity contribution in [2.45, 2.75) is 26.2 Å². The summed E-state index contributed by atoms with van der Waals surface area (Å²) in [5.41, 5.74) is 2.82. The van der Waals surface area contributed by atoms with Crippen LogP contribution in [0, 0.1) is 11.3 Å². The third-order valence-corrected chi connectivity index (χ3v) is 4.54. The second kappa shape index (κ2) is 8.58. The fraction of sp³-hybridized carbons (Fsp3) is 0.167. The monoisotopic (exact) mass is 398 g/mol. The van der Waals surface area contributed by atoms with Gasteiger partial charge in [0.2, 0.25) is 0 Å². The van der Waals surface area contributed by atoms with E-state index in [1.165, 1.54) is 18.5 Å². The molecule has 0 fully saturated rings. The Hall–Kier alpha value is -3.98. The number of pyridine rings is 1. The van der Waals surface area contributed by atoms with E-state index < -0.39 is 5.91 Å². The highest BCUT2D eigenvalue weighted by atomic mass is 16.2. The van der Waals surface area contributed by atoms with Crippen LogP contribution in [0.2, 0.25) is 0 Å². The zero-order valence-corrected chi connectivity index (χ0v) is 17.1. The van der Waals surface area contributed by atoms with Gasteiger partial charge in [0, 0.05) is 18.1 Å². The SMILES string of the molecule is CC(C)(C)c1ccccc1NC(=O)c1cncc(C(=O)Nc2ccccc2C#N)c1. The molecule has 0 unspecified atom stereocenters. The molecule has 2 N–H and O–H groups in total. The van der Waals surface area contributed by atoms with E-state index in [1.54, 1.807) is 24.3 Å². The van der Waals surface area contributed by atoms with E-state index >= 15 is 0 Å². The van der Waals surface area contributed by atoms with Gasteiger partial charge in [-0.2, -0.15) is 5.26 Å². The van der Waals surface area contributed by atoms with Gasteiger partial charge < -0.3 is 10.6 Å². The van der Waals surface area contributed by atoms with Crippen molar-refractivity contribution in [2.75, 3.05) is 10.6 Å². The van der Waals surface area contributed by atoms with E-state index in [2.05, 4.69) is 36.4 Å². The Morgan fingerprint density at radius 1 is 0.867 bits per heavy atom. The van der Waals surface area contributed by atoms with Crippen molar-refractivity contribution in [1.82, 2.24) is 4.98 Å². The molecule has 0 saturated heterocycles. The number of benzene rings is 2. The number of para-hydroxylation sites is 2. The highest BCUT2D eigenvalue weighted by Gasteiger charge is 2.19. The molecule has 2 amide bonds. The molecule has 3 aromatic rings. The molecule has 0 radical (unpaired) electrons. The third kappa shape index (κ3) is 4.70. The number of hydrogen-bond donors (Lipinski definition) is 2. The van der Waals surface area contributed by atoms with E-state index in [-0.39, 0.29) is 22.4 Å². The van der Waals surface area contributed by atoms with Crippen molar-refractivity contribution in [3.63, 3.8) is 0 Å². The summed E-state index contributed by atoms with van der Waals surface area (Å²) < 4.78 is 0. The van der Waals surface area contributed by atoms with Crippen molar-refractivity contribution in [3.05, 3.63) is 89.2 Å². The van der Waals surface area contributed by atoms with Crippen LogP contribution in [0.25, 0.3) is 0 Å². The second-order valence-corrected chi connectivity index (χ2v) is 7.82. The fourth-order valence-electron chi connectivity index (χ4n) is 3.01. The summed E-state index contributed by atoms with van der Waals surface area (Å²) in [6, 6.07) is 17.8. The van der Waals surface area contributed by atoms with Gasteiger partial charge in [-0.3, -0.25) is 14.6 Å². The molecule has 6 heteroatoms. The summed E-state index contributed by atoms with van der Waals surface area (Å²) in [5, 5.41) is 14.8. The first kappa shape index (κ1) is 20.7. The van der Waals surface area contributed by atoms with E-state index in [0.29, 0.717) is 16.9 Å². The summed E-state index contributed by atoms with van der Waals surface area (Å²) >= 11 is 0. The summed E-state index contributed by atoms with van der Waals surface area (Å²) in [5.74, 6) is -0.804. The van der Waals surface area contributed by atoms with Crippen molar-refractivity contribution in [3.8, 4) is 6.07 Å². The van der Waals surface area contributed by atoms with Gasteiger partial charge in [0.25, 0.3) is 11.8 Å². The van der Waals surface area contributed by atoms with Crippen molar-refractivity contribution in [2.24, 2.45) is 0 Å². The zero-order valence-electron chi connectivity index (χ0n) is 17.1. The normalized spacial score (nSPS) is 10.7. The number of carbonyl (C=O) groups is 2. The maximum atomic E-state index is 12.8. The molecule has 0 saturated carbocycles. The van der Waals surface area contributed by atoms with Crippen LogP contribution in [0.15, 0.2) is 67.0 Å². The summed E-state index contributed by atoms with van der Waals surface area (Å²) in [6.07, 6.45) is 2.79. The van der Waals surface area contributed by atoms with Gasteiger partial charge in [-0.15, -0.1) is 0 Å². The molecule has 2 aromatic carbocycles. The number of anilines is 2. The molecule has 0 aliphatic rings. The van der Waals surface area contributed by atoms with Gasteiger partial charge in [-0.1, -0.05) is 51.1 Å². The minimum Gasteiger partial charge on any atom is -0.322 e. The fourth-order valence-corrected chi connectivity index (χ4v) is 3.01. The highest BCUT2D eigenvalue weighted by Crippen LogP contribution is 2.29. The van der Waals surface area contributed by atoms with Crippen LogP contribution in [0.5, 0.6) is 0 Å². The third-order valence-electron chi connectivity index (χ3n) is 4.54. The highest BCUT2D eigenvalue weighted by molar-refractivity contribution is 6.08. The Bertz CT molecular complexity index is 1140. The van der Waals surface area contributed by atoms with E-state index in [0.717, 1.165) is 5.56 Å². The lowest BCUT2D eigenvalue weighted by Crippen LogP contribution is -2.19. The molecule has 150 valence electrons. The molecular formula is C24H22N4O2. The van der Waals surface area contributed by atoms with Gasteiger partial charge in [0.05, 0.1) is 22.4 Å². The number of rotatable bonds is 4. The first-order valence-corrected chi connectivity index (χ1v) is 9.46. The number of carbonyl (C=O) groups excluding carboxylic acids is 2. The average Bonchev–Trinajstić information content (AvgIpc) is 2.74. The van der Waals surface area contributed by atoms with Crippen molar-refractivity contribution in [1.29, 1.82) is 5.26 Å². The van der Waals surface area contributed by atoms with Crippen LogP contribution in [0.3, 0.4) is 0 Å². The van der Waals surface area contributed by atoms with Crippen molar-refractivity contribution >= 4 is 23.2 Å². The Balaban J connectivity index is 1.81. The number of aromatic nitrogens is 1. The summed E-state index contributed by atoms with van der Waals surface area (Å²) in [6.45, 7) is 6.22. The number of nitrogens with one attached hydrogen (secondary N) is 2. The van der Waals surface area contributed by atoms with Gasteiger partial charge in [-0.25, -0.2) is 0 Å². The van der Waals surface area contributed by atoms with E-state index in [1.807, 2.05) is 30.3 Å². The zero-order chi connectivity index (χ0) is 21.7. The molecule has 0 aliphatic heterocycles. The van der Waals surface area contributed by atoms with Crippen LogP contribution in [-0.2, 0) is 5.41 Å². The van der Waals surface area contributed by atoms with Gasteiger partial charge in [0.1, 0.15) is 6.07 Å². The van der Waals surface area contributed by atoms with Gasteiger partial charge >= 0.3 is 0 Å². The van der Waals surface area contributed by atoms with Gasteiger partial charge in [0.15, 0.2) is 0 Å². The predicted molar refractivity (Wildman–Crippen MR) is 116 cm³/mol. The largest absolute Gasteiger partial charge is 0.322 e. The Morgan fingerprint density at radius 3 is 2.00 bits per heavy atom. The minimum absolute atomic E-state index is 0.141. The first-order valence-electron chi connectivity index (χ1n) is 9.46. The number of nitrogens with zero attached hydrogens (tertiary/aromatic N) is 2. The lowest BCUT2D eigenvalue weighted by molar-refractivity contribution is 0.102. The Morgan fingerprint density at radius 2 is 1.40 bits per heavy atom. The summed E-state index contributed by atoms with van der Waals surface area (Å²) in [4.78, 5) is 29.4. The molecule has 0 atom stereocenters. The topological polar surface area (TPSA) is 94.9 Å². The smallest absolute Gasteiger partial charge is 0.257 e. The standard InChI is InChI=1S/C24H22N4O2/c1-24(2,3)19-9-5-7-11-21(19)28-23(30)18-12-17(14-26-15-18)22(29)27-20-10-6-4-8-16(20)13-25/h4-12,14-15H,1-3H3,(H,27,29)(H,28,30). The average molecular weight is 398 g/mol. The van der Waals surface area contributed by atoms with Crippen molar-refractivity contribution < 1.29 is 9.59 Å². The lowest BCUT2D eigenvalue weighted by Gasteiger charge is -2.23. The number of amides is 2. The molecule has 1 aromatic heterocycles. The minimum atomic E-state index is -0.449. The maximum absolute atomic E-state index is 12.8. The van der Waals surface area contributed by atoms with Crippen LogP contribution < -0.4 is 10.6 Å². The number of nitriles is 1. The molecule has 0 bridgehead atoms. The maximum Gasteiger partial charge on any atom is 0.257 e. The molecule has 0 aliphatic carbocycles. The molecule has 3 rings (SSSR count). The van der Waals surface area contributed by atoms with Crippen LogP contribution in [0.4, 0.5) is 11.4 Å². The molecule has 0 spiro atoms. The van der Waals surface area contributed by atoms with E-state index in [4.69, 9.17) is 0 Å². The van der Waals surface area contributed by atoms with Crippen LogP contribution in [0.1, 0.15) is 52.6 Å². The molecule has 30 heavy (non-hydrogen) atoms. The first-order chi connectivity index (χ1) is 14.3. The quantitative estimate of drug-likeness (QED) is 0.663. The van der Waals surface area contributed by atoms with Crippen LogP contribution in [-0.4, -0.2) is 16.8 Å². The molecule has 1 heterocycles. The predicted octanol–water partition coefficient (Wildman–Crippen LogP) is 4.76. The Labute approximate surface area is 175 Å². The number of hydrogen-bond acceptors (Lipinski definition) is 4. The lowest BCUT2D eigenvalue weighted by atomic mass is 9.86.